The van der Waals surface area contributed by atoms with Gasteiger partial charge in [-0.1, -0.05) is 0 Å². The molecule has 0 unspecified atom stereocenters. The van der Waals surface area contributed by atoms with Gasteiger partial charge in [-0.05, 0) is 19.1 Å². The number of aryl methyl sites for hydroxylation is 1. The number of carbonyl (C=O) groups excluding carboxylic acids is 2. The van der Waals surface area contributed by atoms with Crippen LogP contribution >= 0.6 is 11.3 Å². The summed E-state index contributed by atoms with van der Waals surface area (Å²) in [4.78, 5) is 24.7. The lowest BCUT2D eigenvalue weighted by Gasteiger charge is -2.40. The highest BCUT2D eigenvalue weighted by atomic mass is 32.2. The Labute approximate surface area is 119 Å². The average molecular weight is 316 g/mol. The summed E-state index contributed by atoms with van der Waals surface area (Å²) in [5.41, 5.74) is 0. The van der Waals surface area contributed by atoms with Crippen LogP contribution in [-0.4, -0.2) is 55.4 Å². The minimum atomic E-state index is -3.52. The lowest BCUT2D eigenvalue weighted by Crippen LogP contribution is -2.61. The van der Waals surface area contributed by atoms with Crippen LogP contribution in [0.4, 0.5) is 4.79 Å². The van der Waals surface area contributed by atoms with Gasteiger partial charge < -0.3 is 4.74 Å². The molecule has 3 rings (SSSR count). The third kappa shape index (κ3) is 2.02. The van der Waals surface area contributed by atoms with Crippen molar-refractivity contribution in [2.45, 2.75) is 17.2 Å². The van der Waals surface area contributed by atoms with Gasteiger partial charge in [0.15, 0.2) is 6.61 Å². The molecule has 0 radical (unpaired) electrons. The summed E-state index contributed by atoms with van der Waals surface area (Å²) in [5, 5.41) is 0. The summed E-state index contributed by atoms with van der Waals surface area (Å²) in [6, 6.07) is 2.89. The summed E-state index contributed by atoms with van der Waals surface area (Å²) in [5.74, 6) is -0.413. The van der Waals surface area contributed by atoms with Gasteiger partial charge in [-0.25, -0.2) is 18.1 Å². The minimum Gasteiger partial charge on any atom is -0.439 e. The third-order valence-corrected chi connectivity index (χ3v) is 6.59. The second-order valence-electron chi connectivity index (χ2n) is 4.66. The van der Waals surface area contributed by atoms with E-state index in [0.29, 0.717) is 0 Å². The van der Waals surface area contributed by atoms with Crippen molar-refractivity contribution < 1.29 is 22.7 Å². The zero-order valence-electron chi connectivity index (χ0n) is 10.6. The van der Waals surface area contributed by atoms with Gasteiger partial charge in [0.2, 0.25) is 0 Å². The maximum Gasteiger partial charge on any atom is 0.417 e. The molecule has 108 valence electrons. The Morgan fingerprint density at radius 1 is 1.30 bits per heavy atom. The Bertz CT molecular complexity index is 659. The number of hydrogen-bond donors (Lipinski definition) is 0. The van der Waals surface area contributed by atoms with Crippen LogP contribution in [0.25, 0.3) is 0 Å². The van der Waals surface area contributed by atoms with Crippen LogP contribution < -0.4 is 0 Å². The maximum atomic E-state index is 12.3. The second kappa shape index (κ2) is 4.54. The van der Waals surface area contributed by atoms with Crippen molar-refractivity contribution in [3.05, 3.63) is 17.0 Å². The van der Waals surface area contributed by atoms with Crippen LogP contribution in [0, 0.1) is 6.92 Å². The Hall–Kier alpha value is -1.45. The van der Waals surface area contributed by atoms with Gasteiger partial charge in [0.1, 0.15) is 4.21 Å². The van der Waals surface area contributed by atoms with Crippen LogP contribution in [0.3, 0.4) is 0 Å². The van der Waals surface area contributed by atoms with E-state index in [0.717, 1.165) is 9.78 Å². The number of ether oxygens (including phenoxy) is 1. The first kappa shape index (κ1) is 13.5. The van der Waals surface area contributed by atoms with Gasteiger partial charge in [0.05, 0.1) is 6.04 Å². The van der Waals surface area contributed by atoms with Crippen molar-refractivity contribution in [1.82, 2.24) is 9.21 Å². The Balaban J connectivity index is 1.71. The summed E-state index contributed by atoms with van der Waals surface area (Å²) in [6.45, 7) is 1.83. The molecular weight excluding hydrogens is 304 g/mol. The third-order valence-electron chi connectivity index (χ3n) is 3.29. The average Bonchev–Trinajstić information content (AvgIpc) is 2.88. The molecule has 0 saturated carbocycles. The van der Waals surface area contributed by atoms with Gasteiger partial charge in [0, 0.05) is 18.0 Å². The van der Waals surface area contributed by atoms with Crippen LogP contribution in [0.5, 0.6) is 0 Å². The van der Waals surface area contributed by atoms with E-state index in [2.05, 4.69) is 4.74 Å². The highest BCUT2D eigenvalue weighted by Crippen LogP contribution is 2.29. The second-order valence-corrected chi connectivity index (χ2v) is 8.11. The van der Waals surface area contributed by atoms with Crippen molar-refractivity contribution in [3.63, 3.8) is 0 Å². The van der Waals surface area contributed by atoms with Crippen molar-refractivity contribution in [3.8, 4) is 0 Å². The molecule has 2 fully saturated rings. The molecule has 0 N–H and O–H groups in total. The Kier molecular flexibility index (Phi) is 3.07. The van der Waals surface area contributed by atoms with Gasteiger partial charge in [-0.15, -0.1) is 11.3 Å². The van der Waals surface area contributed by atoms with Crippen LogP contribution in [0.1, 0.15) is 4.88 Å². The molecule has 0 bridgehead atoms. The van der Waals surface area contributed by atoms with E-state index in [4.69, 9.17) is 0 Å². The predicted molar refractivity (Wildman–Crippen MR) is 69.8 cm³/mol. The van der Waals surface area contributed by atoms with Crippen molar-refractivity contribution in [1.29, 1.82) is 0 Å². The smallest absolute Gasteiger partial charge is 0.417 e. The molecule has 20 heavy (non-hydrogen) atoms. The topological polar surface area (TPSA) is 84.0 Å². The van der Waals surface area contributed by atoms with E-state index in [-0.39, 0.29) is 23.9 Å². The van der Waals surface area contributed by atoms with Crippen molar-refractivity contribution in [2.24, 2.45) is 0 Å². The first-order chi connectivity index (χ1) is 9.39. The molecule has 2 aliphatic rings. The van der Waals surface area contributed by atoms with E-state index in [1.54, 1.807) is 12.1 Å². The van der Waals surface area contributed by atoms with E-state index in [1.165, 1.54) is 15.6 Å². The first-order valence-electron chi connectivity index (χ1n) is 5.95. The SMILES string of the molecule is Cc1ccc(S(=O)(=O)N2CC(N3C(=O)COC3=O)C2)s1. The monoisotopic (exact) mass is 316 g/mol. The number of carbonyl (C=O) groups is 2. The Morgan fingerprint density at radius 2 is 2.00 bits per heavy atom. The molecule has 3 heterocycles. The van der Waals surface area contributed by atoms with E-state index in [9.17, 15) is 18.0 Å². The van der Waals surface area contributed by atoms with Crippen molar-refractivity contribution in [2.75, 3.05) is 19.7 Å². The number of rotatable bonds is 3. The standard InChI is InChI=1S/C11H12N2O5S2/c1-7-2-3-10(19-7)20(16,17)12-4-8(5-12)13-9(14)6-18-11(13)15/h2-3,8H,4-6H2,1H3. The molecule has 1 aromatic rings. The molecule has 0 atom stereocenters. The summed E-state index contributed by atoms with van der Waals surface area (Å²) in [6.07, 6.45) is -0.691. The van der Waals surface area contributed by atoms with Gasteiger partial charge in [-0.2, -0.15) is 4.31 Å². The molecular formula is C11H12N2O5S2. The molecule has 0 aromatic carbocycles. The van der Waals surface area contributed by atoms with Crippen LogP contribution in [0.2, 0.25) is 0 Å². The maximum absolute atomic E-state index is 12.3. The zero-order chi connectivity index (χ0) is 14.5. The molecule has 0 spiro atoms. The number of hydrogen-bond acceptors (Lipinski definition) is 6. The fraction of sp³-hybridized carbons (Fsp3) is 0.455. The van der Waals surface area contributed by atoms with E-state index in [1.807, 2.05) is 6.92 Å². The van der Waals surface area contributed by atoms with Gasteiger partial charge in [-0.3, -0.25) is 4.79 Å². The van der Waals surface area contributed by atoms with Crippen LogP contribution in [-0.2, 0) is 19.6 Å². The van der Waals surface area contributed by atoms with Crippen LogP contribution in [0.15, 0.2) is 16.3 Å². The molecule has 1 aromatic heterocycles. The van der Waals surface area contributed by atoms with E-state index >= 15 is 0 Å². The molecule has 0 aliphatic carbocycles. The predicted octanol–water partition coefficient (Wildman–Crippen LogP) is 0.408. The number of thiophene rings is 1. The quantitative estimate of drug-likeness (QED) is 0.806. The lowest BCUT2D eigenvalue weighted by molar-refractivity contribution is -0.128. The lowest BCUT2D eigenvalue weighted by atomic mass is 10.1. The molecule has 2 amide bonds. The fourth-order valence-corrected chi connectivity index (χ4v) is 5.12. The van der Waals surface area contributed by atoms with Gasteiger partial charge >= 0.3 is 6.09 Å². The summed E-state index contributed by atoms with van der Waals surface area (Å²) >= 11 is 1.21. The highest BCUT2D eigenvalue weighted by molar-refractivity contribution is 7.91. The molecule has 2 aliphatic heterocycles. The largest absolute Gasteiger partial charge is 0.439 e. The Morgan fingerprint density at radius 3 is 2.50 bits per heavy atom. The summed E-state index contributed by atoms with van der Waals surface area (Å²) < 4.78 is 30.7. The van der Waals surface area contributed by atoms with E-state index < -0.39 is 28.1 Å². The highest BCUT2D eigenvalue weighted by Gasteiger charge is 2.46. The number of imide groups is 1. The minimum absolute atomic E-state index is 0.125. The van der Waals surface area contributed by atoms with Gasteiger partial charge in [0.25, 0.3) is 15.9 Å². The zero-order valence-corrected chi connectivity index (χ0v) is 12.2. The number of amides is 2. The summed E-state index contributed by atoms with van der Waals surface area (Å²) in [7, 11) is -3.52. The fourth-order valence-electron chi connectivity index (χ4n) is 2.17. The molecule has 9 heteroatoms. The first-order valence-corrected chi connectivity index (χ1v) is 8.20. The van der Waals surface area contributed by atoms with Crippen molar-refractivity contribution >= 4 is 33.4 Å². The number of sulfonamides is 1. The normalized spacial score (nSPS) is 21.1. The number of cyclic esters (lactones) is 1. The molecule has 2 saturated heterocycles. The molecule has 7 nitrogen and oxygen atoms in total. The number of nitrogens with zero attached hydrogens (tertiary/aromatic N) is 2.